The predicted molar refractivity (Wildman–Crippen MR) is 86.6 cm³/mol. The molecule has 23 heavy (non-hydrogen) atoms. The number of carboxylic acids is 1. The molecule has 2 aliphatic rings. The third kappa shape index (κ3) is 3.39. The van der Waals surface area contributed by atoms with Crippen LogP contribution in [0.25, 0.3) is 0 Å². The van der Waals surface area contributed by atoms with E-state index < -0.39 is 5.97 Å². The highest BCUT2D eigenvalue weighted by Gasteiger charge is 2.35. The minimum absolute atomic E-state index is 0.0753. The van der Waals surface area contributed by atoms with E-state index >= 15 is 0 Å². The zero-order chi connectivity index (χ0) is 16.6. The lowest BCUT2D eigenvalue weighted by atomic mass is 10.0. The lowest BCUT2D eigenvalue weighted by Gasteiger charge is -2.21. The van der Waals surface area contributed by atoms with Crippen LogP contribution in [0.3, 0.4) is 0 Å². The Labute approximate surface area is 136 Å². The van der Waals surface area contributed by atoms with Gasteiger partial charge in [-0.25, -0.2) is 0 Å². The first-order valence-corrected chi connectivity index (χ1v) is 8.21. The Morgan fingerprint density at radius 1 is 1.22 bits per heavy atom. The van der Waals surface area contributed by atoms with Crippen molar-refractivity contribution in [3.8, 4) is 0 Å². The molecular formula is C18H24N2O3. The fourth-order valence-electron chi connectivity index (χ4n) is 3.81. The van der Waals surface area contributed by atoms with Gasteiger partial charge in [-0.3, -0.25) is 14.5 Å². The Morgan fingerprint density at radius 2 is 1.91 bits per heavy atom. The van der Waals surface area contributed by atoms with Crippen LogP contribution in [0, 0.1) is 11.8 Å². The second-order valence-corrected chi connectivity index (χ2v) is 7.01. The highest BCUT2D eigenvalue weighted by molar-refractivity contribution is 5.80. The van der Waals surface area contributed by atoms with Crippen molar-refractivity contribution in [2.75, 3.05) is 14.1 Å². The second-order valence-electron chi connectivity index (χ2n) is 7.01. The number of fused-ring (bicyclic) bond motifs is 1. The van der Waals surface area contributed by atoms with Gasteiger partial charge in [0.1, 0.15) is 0 Å². The molecule has 0 bridgehead atoms. The molecule has 1 aromatic carbocycles. The molecule has 1 aliphatic heterocycles. The molecule has 0 radical (unpaired) electrons. The number of hydrogen-bond donors (Lipinski definition) is 1. The van der Waals surface area contributed by atoms with Crippen molar-refractivity contribution in [2.24, 2.45) is 11.8 Å². The summed E-state index contributed by atoms with van der Waals surface area (Å²) >= 11 is 0. The van der Waals surface area contributed by atoms with Gasteiger partial charge < -0.3 is 10.0 Å². The number of amides is 1. The molecular weight excluding hydrogens is 292 g/mol. The van der Waals surface area contributed by atoms with Crippen LogP contribution in [-0.4, -0.2) is 40.9 Å². The van der Waals surface area contributed by atoms with Crippen molar-refractivity contribution >= 4 is 11.9 Å². The summed E-state index contributed by atoms with van der Waals surface area (Å²) in [5.74, 6) is -1.19. The Hall–Kier alpha value is -1.88. The first kappa shape index (κ1) is 16.0. The van der Waals surface area contributed by atoms with E-state index in [4.69, 9.17) is 5.11 Å². The first-order chi connectivity index (χ1) is 10.9. The lowest BCUT2D eigenvalue weighted by molar-refractivity contribution is -0.141. The summed E-state index contributed by atoms with van der Waals surface area (Å²) in [6, 6.07) is 6.44. The van der Waals surface area contributed by atoms with Crippen LogP contribution in [0.4, 0.5) is 0 Å². The van der Waals surface area contributed by atoms with Crippen LogP contribution in [0.2, 0.25) is 0 Å². The summed E-state index contributed by atoms with van der Waals surface area (Å²) in [5, 5.41) is 9.07. The molecule has 1 aromatic rings. The van der Waals surface area contributed by atoms with Gasteiger partial charge in [-0.05, 0) is 43.0 Å². The number of rotatable bonds is 4. The van der Waals surface area contributed by atoms with Crippen LogP contribution >= 0.6 is 0 Å². The molecule has 1 saturated carbocycles. The molecule has 1 amide bonds. The normalized spacial score (nSPS) is 23.7. The molecule has 0 aromatic heterocycles. The van der Waals surface area contributed by atoms with E-state index in [1.807, 2.05) is 7.05 Å². The molecule has 3 rings (SSSR count). The maximum Gasteiger partial charge on any atom is 0.306 e. The van der Waals surface area contributed by atoms with E-state index in [-0.39, 0.29) is 17.7 Å². The average molecular weight is 316 g/mol. The fraction of sp³-hybridized carbons (Fsp3) is 0.556. The molecule has 5 nitrogen and oxygen atoms in total. The van der Waals surface area contributed by atoms with E-state index in [9.17, 15) is 9.59 Å². The standard InChI is InChI=1S/C18H24N2O3/c1-19-10-15-4-3-12(7-16(15)11-19)9-20(2)17(21)13-5-6-14(8-13)18(22)23/h3-4,7,13-14H,5-6,8-11H2,1-2H3,(H,22,23)/t13-,14+/m0/s1. The molecule has 1 N–H and O–H groups in total. The van der Waals surface area contributed by atoms with Crippen molar-refractivity contribution in [3.63, 3.8) is 0 Å². The lowest BCUT2D eigenvalue weighted by Crippen LogP contribution is -2.31. The van der Waals surface area contributed by atoms with Crippen LogP contribution < -0.4 is 0 Å². The zero-order valence-corrected chi connectivity index (χ0v) is 13.8. The van der Waals surface area contributed by atoms with E-state index in [1.165, 1.54) is 11.1 Å². The first-order valence-electron chi connectivity index (χ1n) is 8.21. The van der Waals surface area contributed by atoms with Gasteiger partial charge in [-0.1, -0.05) is 18.2 Å². The van der Waals surface area contributed by atoms with Crippen molar-refractivity contribution < 1.29 is 14.7 Å². The van der Waals surface area contributed by atoms with E-state index in [2.05, 4.69) is 30.1 Å². The van der Waals surface area contributed by atoms with Gasteiger partial charge in [0, 0.05) is 32.6 Å². The van der Waals surface area contributed by atoms with Crippen LogP contribution in [0.5, 0.6) is 0 Å². The molecule has 1 aliphatic carbocycles. The number of carboxylic acid groups (broad SMARTS) is 1. The highest BCUT2D eigenvalue weighted by atomic mass is 16.4. The van der Waals surface area contributed by atoms with Gasteiger partial charge in [0.15, 0.2) is 0 Å². The maximum absolute atomic E-state index is 12.5. The number of nitrogens with zero attached hydrogens (tertiary/aromatic N) is 2. The number of carbonyl (C=O) groups is 2. The average Bonchev–Trinajstić information content (AvgIpc) is 3.11. The van der Waals surface area contributed by atoms with Gasteiger partial charge in [-0.15, -0.1) is 0 Å². The summed E-state index contributed by atoms with van der Waals surface area (Å²) in [7, 11) is 3.92. The van der Waals surface area contributed by atoms with Gasteiger partial charge in [0.05, 0.1) is 5.92 Å². The Morgan fingerprint density at radius 3 is 2.61 bits per heavy atom. The monoisotopic (exact) mass is 316 g/mol. The van der Waals surface area contributed by atoms with Crippen molar-refractivity contribution in [3.05, 3.63) is 34.9 Å². The molecule has 0 spiro atoms. The third-order valence-electron chi connectivity index (χ3n) is 5.08. The largest absolute Gasteiger partial charge is 0.481 e. The summed E-state index contributed by atoms with van der Waals surface area (Å²) in [4.78, 5) is 27.6. The van der Waals surface area contributed by atoms with E-state index in [0.29, 0.717) is 25.8 Å². The molecule has 0 saturated heterocycles. The number of aliphatic carboxylic acids is 1. The Balaban J connectivity index is 1.61. The zero-order valence-electron chi connectivity index (χ0n) is 13.8. The second kappa shape index (κ2) is 6.32. The van der Waals surface area contributed by atoms with E-state index in [1.54, 1.807) is 4.90 Å². The maximum atomic E-state index is 12.5. The number of carbonyl (C=O) groups excluding carboxylic acids is 1. The quantitative estimate of drug-likeness (QED) is 0.924. The Bertz CT molecular complexity index is 629. The fourth-order valence-corrected chi connectivity index (χ4v) is 3.81. The van der Waals surface area contributed by atoms with Crippen molar-refractivity contribution in [1.82, 2.24) is 9.80 Å². The van der Waals surface area contributed by atoms with Crippen molar-refractivity contribution in [1.29, 1.82) is 0 Å². The van der Waals surface area contributed by atoms with E-state index in [0.717, 1.165) is 18.7 Å². The smallest absolute Gasteiger partial charge is 0.306 e. The molecule has 0 unspecified atom stereocenters. The summed E-state index contributed by atoms with van der Waals surface area (Å²) in [6.07, 6.45) is 1.79. The van der Waals surface area contributed by atoms with Gasteiger partial charge in [-0.2, -0.15) is 0 Å². The molecule has 124 valence electrons. The summed E-state index contributed by atoms with van der Waals surface area (Å²) in [6.45, 7) is 2.54. The van der Waals surface area contributed by atoms with Gasteiger partial charge >= 0.3 is 5.97 Å². The minimum atomic E-state index is -0.773. The topological polar surface area (TPSA) is 60.9 Å². The van der Waals surface area contributed by atoms with Gasteiger partial charge in [0.2, 0.25) is 5.91 Å². The molecule has 2 atom stereocenters. The number of benzene rings is 1. The summed E-state index contributed by atoms with van der Waals surface area (Å²) < 4.78 is 0. The van der Waals surface area contributed by atoms with Crippen LogP contribution in [0.1, 0.15) is 36.0 Å². The number of hydrogen-bond acceptors (Lipinski definition) is 3. The van der Waals surface area contributed by atoms with Gasteiger partial charge in [0.25, 0.3) is 0 Å². The van der Waals surface area contributed by atoms with Crippen LogP contribution in [0.15, 0.2) is 18.2 Å². The van der Waals surface area contributed by atoms with Crippen molar-refractivity contribution in [2.45, 2.75) is 38.9 Å². The molecule has 5 heteroatoms. The highest BCUT2D eigenvalue weighted by Crippen LogP contribution is 2.32. The third-order valence-corrected chi connectivity index (χ3v) is 5.08. The molecule has 1 fully saturated rings. The minimum Gasteiger partial charge on any atom is -0.481 e. The molecule has 1 heterocycles. The Kier molecular flexibility index (Phi) is 4.39. The predicted octanol–water partition coefficient (Wildman–Crippen LogP) is 2.09. The SMILES string of the molecule is CN1Cc2ccc(CN(C)C(=O)[C@H]3CC[C@@H](C(=O)O)C3)cc2C1. The summed E-state index contributed by atoms with van der Waals surface area (Å²) in [5.41, 5.74) is 3.85. The van der Waals surface area contributed by atoms with Crippen LogP contribution in [-0.2, 0) is 29.2 Å².